The van der Waals surface area contributed by atoms with Crippen LogP contribution in [-0.2, 0) is 13.0 Å². The third-order valence-electron chi connectivity index (χ3n) is 3.41. The monoisotopic (exact) mass is 259 g/mol. The van der Waals surface area contributed by atoms with Gasteiger partial charge in [0.25, 0.3) is 0 Å². The molecule has 1 aliphatic rings. The molecule has 2 aromatic heterocycles. The van der Waals surface area contributed by atoms with Gasteiger partial charge in [-0.2, -0.15) is 0 Å². The Bertz CT molecular complexity index is 530. The number of anilines is 1. The molecular weight excluding hydrogens is 242 g/mol. The number of thiophene rings is 1. The van der Waals surface area contributed by atoms with Crippen molar-refractivity contribution in [3.05, 3.63) is 45.9 Å². The van der Waals surface area contributed by atoms with Crippen molar-refractivity contribution in [2.45, 2.75) is 25.9 Å². The van der Waals surface area contributed by atoms with Crippen molar-refractivity contribution >= 4 is 17.0 Å². The molecule has 0 spiro atoms. The van der Waals surface area contributed by atoms with Crippen LogP contribution in [0.4, 0.5) is 5.69 Å². The van der Waals surface area contributed by atoms with Crippen LogP contribution in [0.5, 0.6) is 0 Å². The van der Waals surface area contributed by atoms with Crippen LogP contribution in [-0.4, -0.2) is 11.5 Å². The van der Waals surface area contributed by atoms with Crippen LogP contribution >= 0.6 is 11.3 Å². The highest BCUT2D eigenvalue weighted by Gasteiger charge is 2.17. The van der Waals surface area contributed by atoms with Crippen LogP contribution in [0.3, 0.4) is 0 Å². The summed E-state index contributed by atoms with van der Waals surface area (Å²) in [6, 6.07) is 6.39. The number of pyridine rings is 1. The summed E-state index contributed by atoms with van der Waals surface area (Å²) < 4.78 is 0. The van der Waals surface area contributed by atoms with Crippen LogP contribution < -0.4 is 10.6 Å². The van der Waals surface area contributed by atoms with Gasteiger partial charge in [0.1, 0.15) is 0 Å². The maximum atomic E-state index is 5.82. The van der Waals surface area contributed by atoms with Gasteiger partial charge in [-0.1, -0.05) is 0 Å². The van der Waals surface area contributed by atoms with Gasteiger partial charge in [-0.15, -0.1) is 11.3 Å². The van der Waals surface area contributed by atoms with E-state index >= 15 is 0 Å². The highest BCUT2D eigenvalue weighted by molar-refractivity contribution is 7.10. The van der Waals surface area contributed by atoms with Crippen molar-refractivity contribution in [2.24, 2.45) is 5.73 Å². The summed E-state index contributed by atoms with van der Waals surface area (Å²) in [6.07, 6.45) is 3.08. The fourth-order valence-electron chi connectivity index (χ4n) is 2.32. The predicted molar refractivity (Wildman–Crippen MR) is 75.9 cm³/mol. The first-order chi connectivity index (χ1) is 8.74. The van der Waals surface area contributed by atoms with Crippen molar-refractivity contribution < 1.29 is 0 Å². The Hall–Kier alpha value is -1.39. The summed E-state index contributed by atoms with van der Waals surface area (Å²) in [6.45, 7) is 4.03. The van der Waals surface area contributed by atoms with E-state index in [9.17, 15) is 0 Å². The van der Waals surface area contributed by atoms with E-state index in [1.54, 1.807) is 0 Å². The maximum Gasteiger partial charge on any atom is 0.0569 e. The summed E-state index contributed by atoms with van der Waals surface area (Å²) in [4.78, 5) is 8.35. The molecule has 2 aromatic rings. The molecule has 0 aliphatic carbocycles. The van der Waals surface area contributed by atoms with Crippen molar-refractivity contribution in [3.8, 4) is 0 Å². The molecule has 0 bridgehead atoms. The average Bonchev–Trinajstić information content (AvgIpc) is 2.86. The largest absolute Gasteiger partial charge is 0.366 e. The molecule has 0 radical (unpaired) electrons. The molecule has 1 atom stereocenters. The maximum absolute atomic E-state index is 5.82. The summed E-state index contributed by atoms with van der Waals surface area (Å²) in [5.41, 5.74) is 9.42. The number of rotatable bonds is 2. The number of nitrogens with two attached hydrogens (primary N) is 1. The van der Waals surface area contributed by atoms with Crippen molar-refractivity contribution in [2.75, 3.05) is 11.4 Å². The van der Waals surface area contributed by atoms with Gasteiger partial charge >= 0.3 is 0 Å². The average molecular weight is 259 g/mol. The molecule has 3 heterocycles. The minimum Gasteiger partial charge on any atom is -0.366 e. The van der Waals surface area contributed by atoms with E-state index in [2.05, 4.69) is 27.4 Å². The van der Waals surface area contributed by atoms with Crippen LogP contribution in [0.25, 0.3) is 0 Å². The Kier molecular flexibility index (Phi) is 3.06. The van der Waals surface area contributed by atoms with E-state index in [0.29, 0.717) is 0 Å². The number of hydrogen-bond donors (Lipinski definition) is 1. The lowest BCUT2D eigenvalue weighted by molar-refractivity contribution is 0.736. The molecule has 4 heteroatoms. The molecule has 94 valence electrons. The van der Waals surface area contributed by atoms with E-state index in [1.807, 2.05) is 30.5 Å². The molecule has 0 saturated heterocycles. The second-order valence-electron chi connectivity index (χ2n) is 4.77. The van der Waals surface area contributed by atoms with Crippen LogP contribution in [0.15, 0.2) is 29.8 Å². The smallest absolute Gasteiger partial charge is 0.0569 e. The minimum atomic E-state index is 0.00359. The Morgan fingerprint density at radius 1 is 1.39 bits per heavy atom. The van der Waals surface area contributed by atoms with Crippen LogP contribution in [0, 0.1) is 0 Å². The minimum absolute atomic E-state index is 0.00359. The normalized spacial score (nSPS) is 16.4. The molecule has 3 rings (SSSR count). The van der Waals surface area contributed by atoms with Crippen LogP contribution in [0.2, 0.25) is 0 Å². The molecule has 3 nitrogen and oxygen atoms in total. The van der Waals surface area contributed by atoms with E-state index in [4.69, 9.17) is 5.73 Å². The molecule has 0 fully saturated rings. The number of aromatic nitrogens is 1. The van der Waals surface area contributed by atoms with E-state index in [-0.39, 0.29) is 6.04 Å². The summed E-state index contributed by atoms with van der Waals surface area (Å²) in [7, 11) is 0. The fourth-order valence-corrected chi connectivity index (χ4v) is 3.21. The van der Waals surface area contributed by atoms with E-state index < -0.39 is 0 Å². The number of nitrogens with zero attached hydrogens (tertiary/aromatic N) is 2. The lowest BCUT2D eigenvalue weighted by Gasteiger charge is -2.28. The number of fused-ring (bicyclic) bond motifs is 1. The van der Waals surface area contributed by atoms with Gasteiger partial charge in [0, 0.05) is 24.0 Å². The quantitative estimate of drug-likeness (QED) is 0.901. The third-order valence-corrected chi connectivity index (χ3v) is 4.43. The Balaban J connectivity index is 1.80. The van der Waals surface area contributed by atoms with Gasteiger partial charge < -0.3 is 10.6 Å². The first-order valence-corrected chi connectivity index (χ1v) is 7.14. The van der Waals surface area contributed by atoms with Crippen molar-refractivity contribution in [1.29, 1.82) is 0 Å². The van der Waals surface area contributed by atoms with E-state index in [1.165, 1.54) is 16.1 Å². The summed E-state index contributed by atoms with van der Waals surface area (Å²) >= 11 is 1.87. The molecule has 1 unspecified atom stereocenters. The zero-order valence-electron chi connectivity index (χ0n) is 10.5. The van der Waals surface area contributed by atoms with Crippen molar-refractivity contribution in [1.82, 2.24) is 4.98 Å². The zero-order chi connectivity index (χ0) is 12.5. The molecular formula is C14H17N3S. The lowest BCUT2D eigenvalue weighted by atomic mass is 10.1. The first-order valence-electron chi connectivity index (χ1n) is 6.26. The molecule has 2 N–H and O–H groups in total. The highest BCUT2D eigenvalue weighted by atomic mass is 32.1. The topological polar surface area (TPSA) is 42.1 Å². The second kappa shape index (κ2) is 4.71. The molecule has 0 amide bonds. The molecule has 1 aliphatic heterocycles. The summed E-state index contributed by atoms with van der Waals surface area (Å²) in [5.74, 6) is 0. The standard InChI is InChI=1S/C14H17N3S/c1-10(15)13-3-2-12(8-16-13)17-6-4-14-11(9-17)5-7-18-14/h2-3,5,7-8,10H,4,6,9,15H2,1H3. The summed E-state index contributed by atoms with van der Waals surface area (Å²) in [5, 5.41) is 2.19. The Morgan fingerprint density at radius 3 is 3.00 bits per heavy atom. The fraction of sp³-hybridized carbons (Fsp3) is 0.357. The molecule has 18 heavy (non-hydrogen) atoms. The Morgan fingerprint density at radius 2 is 2.28 bits per heavy atom. The first kappa shape index (κ1) is 11.7. The second-order valence-corrected chi connectivity index (χ2v) is 5.77. The van der Waals surface area contributed by atoms with Gasteiger partial charge in [-0.3, -0.25) is 4.98 Å². The molecule has 0 aromatic carbocycles. The van der Waals surface area contributed by atoms with Crippen LogP contribution in [0.1, 0.15) is 29.1 Å². The van der Waals surface area contributed by atoms with Gasteiger partial charge in [0.2, 0.25) is 0 Å². The van der Waals surface area contributed by atoms with Crippen molar-refractivity contribution in [3.63, 3.8) is 0 Å². The van der Waals surface area contributed by atoms with Gasteiger partial charge in [0.05, 0.1) is 17.6 Å². The lowest BCUT2D eigenvalue weighted by Crippen LogP contribution is -2.29. The zero-order valence-corrected chi connectivity index (χ0v) is 11.3. The van der Waals surface area contributed by atoms with Gasteiger partial charge in [-0.05, 0) is 42.5 Å². The van der Waals surface area contributed by atoms with E-state index in [0.717, 1.165) is 25.2 Å². The Labute approximate surface area is 111 Å². The number of hydrogen-bond acceptors (Lipinski definition) is 4. The molecule has 0 saturated carbocycles. The SMILES string of the molecule is CC(N)c1ccc(N2CCc3sccc3C2)cn1. The van der Waals surface area contributed by atoms with Gasteiger partial charge in [-0.25, -0.2) is 0 Å². The van der Waals surface area contributed by atoms with Gasteiger partial charge in [0.15, 0.2) is 0 Å². The predicted octanol–water partition coefficient (Wildman–Crippen LogP) is 2.73. The highest BCUT2D eigenvalue weighted by Crippen LogP contribution is 2.27. The third kappa shape index (κ3) is 2.13.